The first-order valence-electron chi connectivity index (χ1n) is 27.2. The SMILES string of the molecule is Cc1c(CCC(C)CO[C@@H]2O[C@H](CO)[C@@H](O)[C@H](O)[C@H]2O)cc(C(=O)O)c2c1[C@@]1(C)CC[C@H]3[C@@H](CC=C4C[C@@H](O[C@@H]5O[C@H](CO)[C@@H](O)[C@H](O[C@@H]6O[C@@H](C)[C@H](O)[C@@H](O)[C@H]6O)[C@H]5O[C@@H]5O[C@@H](C)[C@H](O)[C@@H](O)[C@H]5O)CC[C@@]43C)[C@@H]1C2. The van der Waals surface area contributed by atoms with Crippen molar-refractivity contribution in [2.45, 2.75) is 234 Å². The molecule has 0 amide bonds. The molecule has 4 heterocycles. The highest BCUT2D eigenvalue weighted by atomic mass is 16.8. The summed E-state index contributed by atoms with van der Waals surface area (Å²) in [6.45, 7) is 10.5. The van der Waals surface area contributed by atoms with E-state index in [4.69, 9.17) is 37.9 Å². The molecule has 13 N–H and O–H groups in total. The lowest BCUT2D eigenvalue weighted by Gasteiger charge is -2.58. The summed E-state index contributed by atoms with van der Waals surface area (Å²) < 4.78 is 48.3. The smallest absolute Gasteiger partial charge is 0.335 e. The van der Waals surface area contributed by atoms with Gasteiger partial charge in [-0.05, 0) is 141 Å². The van der Waals surface area contributed by atoms with Gasteiger partial charge in [0.25, 0.3) is 0 Å². The van der Waals surface area contributed by atoms with Gasteiger partial charge in [0.1, 0.15) is 85.5 Å². The van der Waals surface area contributed by atoms with E-state index in [1.807, 2.05) is 13.0 Å². The van der Waals surface area contributed by atoms with E-state index in [2.05, 4.69) is 26.8 Å². The molecular formula is C54H82O22. The third-order valence-corrected chi connectivity index (χ3v) is 19.1. The lowest BCUT2D eigenvalue weighted by atomic mass is 9.47. The summed E-state index contributed by atoms with van der Waals surface area (Å²) in [6.07, 6.45) is -21.5. The highest BCUT2D eigenvalue weighted by molar-refractivity contribution is 5.91. The summed E-state index contributed by atoms with van der Waals surface area (Å²) in [5, 5.41) is 138. The van der Waals surface area contributed by atoms with E-state index in [0.29, 0.717) is 37.7 Å². The van der Waals surface area contributed by atoms with Gasteiger partial charge in [-0.2, -0.15) is 0 Å². The first-order chi connectivity index (χ1) is 35.9. The Morgan fingerprint density at radius 3 is 1.86 bits per heavy atom. The number of aliphatic hydroxyl groups excluding tert-OH is 12. The minimum absolute atomic E-state index is 0.0644. The molecule has 4 saturated heterocycles. The Hall–Kier alpha value is -2.37. The molecule has 0 spiro atoms. The molecule has 0 aromatic heterocycles. The second-order valence-corrected chi connectivity index (χ2v) is 23.7. The molecule has 9 rings (SSSR count). The standard InChI is InChI=1S/C54H82O22/c1-21(20-69-49-43(64)42(63)38(59)33(18-55)73-49)7-8-25-15-30(48(67)68)29-17-32-28-10-9-26-16-27(11-13-53(26,5)31(28)12-14-54(32,6)35(29)22(25)2)72-52-47(76-51-45(66)41(62)37(58)24(4)71-51)46(39(60)34(19-56)74-52)75-50-44(65)40(61)36(57)23(3)70-50/h9,15,21,23-24,27-28,31-34,36-47,49-52,55-66H,7-8,10-14,16-20H2,1-6H3,(H,67,68)/t21?,23-,24-,27-,28+,31-,32-,33+,34+,36-,37-,38+,39+,40+,41+,42-,43+,44+,45+,46-,47+,49+,50-,51-,52+,53-,54-/m0/s1. The van der Waals surface area contributed by atoms with E-state index >= 15 is 0 Å². The van der Waals surface area contributed by atoms with Gasteiger partial charge in [0, 0.05) is 0 Å². The average Bonchev–Trinajstić information content (AvgIpc) is 3.72. The molecule has 27 atom stereocenters. The van der Waals surface area contributed by atoms with Crippen molar-refractivity contribution in [1.29, 1.82) is 0 Å². The Morgan fingerprint density at radius 2 is 1.24 bits per heavy atom. The van der Waals surface area contributed by atoms with Crippen molar-refractivity contribution in [3.05, 3.63) is 45.5 Å². The van der Waals surface area contributed by atoms with Crippen LogP contribution >= 0.6 is 0 Å². The Balaban J connectivity index is 0.912. The monoisotopic (exact) mass is 1080 g/mol. The van der Waals surface area contributed by atoms with E-state index in [1.54, 1.807) is 0 Å². The molecule has 0 bridgehead atoms. The highest BCUT2D eigenvalue weighted by Gasteiger charge is 2.60. The number of aromatic carboxylic acids is 1. The zero-order valence-corrected chi connectivity index (χ0v) is 44.1. The Labute approximate surface area is 442 Å². The molecule has 430 valence electrons. The topological polar surface area (TPSA) is 354 Å². The molecule has 4 aliphatic carbocycles. The quantitative estimate of drug-likeness (QED) is 0.0932. The summed E-state index contributed by atoms with van der Waals surface area (Å²) in [7, 11) is 0. The lowest BCUT2D eigenvalue weighted by Crippen LogP contribution is -2.67. The van der Waals surface area contributed by atoms with E-state index in [-0.39, 0.29) is 41.1 Å². The molecule has 6 fully saturated rings. The van der Waals surface area contributed by atoms with Crippen molar-refractivity contribution < 1.29 is 109 Å². The van der Waals surface area contributed by atoms with Crippen LogP contribution in [0.3, 0.4) is 0 Å². The van der Waals surface area contributed by atoms with Crippen LogP contribution in [0.15, 0.2) is 17.7 Å². The Morgan fingerprint density at radius 1 is 0.671 bits per heavy atom. The van der Waals surface area contributed by atoms with E-state index < -0.39 is 148 Å². The second kappa shape index (κ2) is 22.9. The van der Waals surface area contributed by atoms with Gasteiger partial charge in [0.15, 0.2) is 25.2 Å². The van der Waals surface area contributed by atoms with Crippen molar-refractivity contribution in [1.82, 2.24) is 0 Å². The number of aliphatic hydroxyl groups is 12. The summed E-state index contributed by atoms with van der Waals surface area (Å²) in [5.74, 6) is -0.331. The fraction of sp³-hybridized carbons (Fsp3) is 0.833. The summed E-state index contributed by atoms with van der Waals surface area (Å²) in [5.41, 5.74) is 5.08. The molecular weight excluding hydrogens is 1000 g/mol. The van der Waals surface area contributed by atoms with Crippen LogP contribution in [-0.2, 0) is 56.2 Å². The highest BCUT2D eigenvalue weighted by Crippen LogP contribution is 2.65. The predicted molar refractivity (Wildman–Crippen MR) is 262 cm³/mol. The normalized spacial score (nSPS) is 47.7. The largest absolute Gasteiger partial charge is 0.478 e. The first kappa shape index (κ1) is 58.3. The van der Waals surface area contributed by atoms with Gasteiger partial charge < -0.3 is 104 Å². The number of carbonyl (C=O) groups is 1. The summed E-state index contributed by atoms with van der Waals surface area (Å²) in [6, 6.07) is 1.83. The maximum atomic E-state index is 13.1. The van der Waals surface area contributed by atoms with Crippen molar-refractivity contribution in [2.75, 3.05) is 19.8 Å². The zero-order valence-electron chi connectivity index (χ0n) is 44.1. The third kappa shape index (κ3) is 10.5. The second-order valence-electron chi connectivity index (χ2n) is 23.7. The predicted octanol–water partition coefficient (Wildman–Crippen LogP) is -1.06. The lowest BCUT2D eigenvalue weighted by molar-refractivity contribution is -0.393. The van der Waals surface area contributed by atoms with Crippen molar-refractivity contribution in [3.63, 3.8) is 0 Å². The number of ether oxygens (including phenoxy) is 8. The van der Waals surface area contributed by atoms with Crippen LogP contribution in [0.1, 0.15) is 112 Å². The van der Waals surface area contributed by atoms with Gasteiger partial charge in [-0.15, -0.1) is 0 Å². The Kier molecular flexibility index (Phi) is 17.5. The molecule has 4 aliphatic heterocycles. The minimum Gasteiger partial charge on any atom is -0.478 e. The van der Waals surface area contributed by atoms with Gasteiger partial charge >= 0.3 is 5.97 Å². The number of carboxylic acid groups (broad SMARTS) is 1. The molecule has 1 aromatic rings. The molecule has 2 saturated carbocycles. The number of allylic oxidation sites excluding steroid dienone is 1. The first-order valence-corrected chi connectivity index (χ1v) is 27.2. The number of aryl methyl sites for hydroxylation is 1. The number of hydrogen-bond donors (Lipinski definition) is 13. The number of rotatable bonds is 15. The fourth-order valence-corrected chi connectivity index (χ4v) is 14.4. The molecule has 76 heavy (non-hydrogen) atoms. The number of hydrogen-bond acceptors (Lipinski definition) is 21. The van der Waals surface area contributed by atoms with E-state index in [0.717, 1.165) is 47.9 Å². The van der Waals surface area contributed by atoms with Gasteiger partial charge in [-0.25, -0.2) is 4.79 Å². The van der Waals surface area contributed by atoms with Crippen LogP contribution in [0.5, 0.6) is 0 Å². The molecule has 22 nitrogen and oxygen atoms in total. The molecule has 1 aromatic carbocycles. The maximum absolute atomic E-state index is 13.1. The van der Waals surface area contributed by atoms with Gasteiger partial charge in [0.2, 0.25) is 0 Å². The van der Waals surface area contributed by atoms with Crippen molar-refractivity contribution in [2.24, 2.45) is 29.1 Å². The minimum atomic E-state index is -1.79. The number of carboxylic acids is 1. The van der Waals surface area contributed by atoms with E-state index in [1.165, 1.54) is 19.4 Å². The van der Waals surface area contributed by atoms with Gasteiger partial charge in [-0.1, -0.05) is 32.4 Å². The third-order valence-electron chi connectivity index (χ3n) is 19.1. The van der Waals surface area contributed by atoms with Gasteiger partial charge in [-0.3, -0.25) is 0 Å². The Bertz CT molecular complexity index is 2230. The molecule has 1 unspecified atom stereocenters. The summed E-state index contributed by atoms with van der Waals surface area (Å²) >= 11 is 0. The van der Waals surface area contributed by atoms with Crippen molar-refractivity contribution in [3.8, 4) is 0 Å². The van der Waals surface area contributed by atoms with Crippen LogP contribution in [0.25, 0.3) is 0 Å². The number of benzene rings is 1. The zero-order chi connectivity index (χ0) is 55.0. The number of fused-ring (bicyclic) bond motifs is 7. The molecule has 22 heteroatoms. The van der Waals surface area contributed by atoms with Crippen LogP contribution in [0, 0.1) is 36.0 Å². The molecule has 0 radical (unpaired) electrons. The maximum Gasteiger partial charge on any atom is 0.335 e. The average molecular weight is 1080 g/mol. The summed E-state index contributed by atoms with van der Waals surface area (Å²) in [4.78, 5) is 13.1. The molecule has 8 aliphatic rings. The van der Waals surface area contributed by atoms with Crippen LogP contribution < -0.4 is 0 Å². The van der Waals surface area contributed by atoms with Crippen molar-refractivity contribution >= 4 is 5.97 Å². The van der Waals surface area contributed by atoms with Crippen LogP contribution in [-0.4, -0.2) is 221 Å². The van der Waals surface area contributed by atoms with Crippen LogP contribution in [0.2, 0.25) is 0 Å². The van der Waals surface area contributed by atoms with E-state index in [9.17, 15) is 71.2 Å². The van der Waals surface area contributed by atoms with Gasteiger partial charge in [0.05, 0.1) is 43.7 Å². The fourth-order valence-electron chi connectivity index (χ4n) is 14.4. The van der Waals surface area contributed by atoms with Crippen LogP contribution in [0.4, 0.5) is 0 Å².